The number of likely N-dealkylation sites (N-methyl/N-ethyl adjacent to an activating group) is 1. The minimum Gasteiger partial charge on any atom is -0.487 e. The van der Waals surface area contributed by atoms with E-state index in [9.17, 15) is 10.1 Å². The van der Waals surface area contributed by atoms with Gasteiger partial charge in [-0.1, -0.05) is 0 Å². The van der Waals surface area contributed by atoms with E-state index >= 15 is 0 Å². The molecule has 2 aromatic rings. The SMILES string of the molecule is CCOc1cc(N2CCC(N3CCN(C)CC3)CC2)c(-c2ccn(C)c2)cc1[N+](=O)[O-]. The van der Waals surface area contributed by atoms with Crippen LogP contribution in [-0.2, 0) is 7.05 Å². The minimum absolute atomic E-state index is 0.0248. The zero-order valence-corrected chi connectivity index (χ0v) is 18.8. The minimum atomic E-state index is -0.346. The number of benzene rings is 1. The van der Waals surface area contributed by atoms with Crippen molar-refractivity contribution in [1.29, 1.82) is 0 Å². The number of anilines is 1. The number of ether oxygens (including phenoxy) is 1. The van der Waals surface area contributed by atoms with Crippen LogP contribution < -0.4 is 9.64 Å². The van der Waals surface area contributed by atoms with E-state index in [0.29, 0.717) is 18.4 Å². The quantitative estimate of drug-likeness (QED) is 0.521. The van der Waals surface area contributed by atoms with Crippen LogP contribution in [0.4, 0.5) is 11.4 Å². The molecule has 0 radical (unpaired) electrons. The van der Waals surface area contributed by atoms with Crippen LogP contribution in [0.15, 0.2) is 30.6 Å². The van der Waals surface area contributed by atoms with E-state index in [2.05, 4.69) is 21.7 Å². The van der Waals surface area contributed by atoms with E-state index in [1.807, 2.05) is 43.1 Å². The third-order valence-electron chi connectivity index (χ3n) is 6.58. The Bertz CT molecular complexity index is 912. The molecule has 0 atom stereocenters. The molecule has 0 aliphatic carbocycles. The standard InChI is InChI=1S/C23H33N5O3/c1-4-31-23-16-21(20(15-22(23)28(29)30)18-5-8-25(3)17-18)27-9-6-19(7-10-27)26-13-11-24(2)12-14-26/h5,8,15-17,19H,4,6-7,9-14H2,1-3H3. The maximum absolute atomic E-state index is 11.7. The first-order valence-electron chi connectivity index (χ1n) is 11.2. The number of nitrogens with zero attached hydrogens (tertiary/aromatic N) is 5. The van der Waals surface area contributed by atoms with E-state index in [4.69, 9.17) is 4.74 Å². The molecule has 2 saturated heterocycles. The maximum atomic E-state index is 11.7. The first-order chi connectivity index (χ1) is 15.0. The van der Waals surface area contributed by atoms with Gasteiger partial charge in [0.2, 0.25) is 0 Å². The van der Waals surface area contributed by atoms with Crippen LogP contribution in [0.2, 0.25) is 0 Å². The van der Waals surface area contributed by atoms with Gasteiger partial charge in [0.05, 0.1) is 11.5 Å². The Labute approximate surface area is 184 Å². The highest BCUT2D eigenvalue weighted by Gasteiger charge is 2.29. The molecule has 0 unspecified atom stereocenters. The average molecular weight is 428 g/mol. The highest BCUT2D eigenvalue weighted by Crippen LogP contribution is 2.41. The van der Waals surface area contributed by atoms with Gasteiger partial charge in [0, 0.05) is 93.7 Å². The van der Waals surface area contributed by atoms with E-state index in [-0.39, 0.29) is 10.6 Å². The number of rotatable bonds is 6. The summed E-state index contributed by atoms with van der Waals surface area (Å²) in [4.78, 5) is 18.8. The van der Waals surface area contributed by atoms with Crippen LogP contribution in [0.25, 0.3) is 11.1 Å². The topological polar surface area (TPSA) is 67.0 Å². The Hall–Kier alpha value is -2.58. The fraction of sp³-hybridized carbons (Fsp3) is 0.565. The maximum Gasteiger partial charge on any atom is 0.311 e. The van der Waals surface area contributed by atoms with Crippen molar-refractivity contribution >= 4 is 11.4 Å². The third kappa shape index (κ3) is 4.70. The molecule has 8 nitrogen and oxygen atoms in total. The lowest BCUT2D eigenvalue weighted by atomic mass is 9.98. The van der Waals surface area contributed by atoms with E-state index in [1.54, 1.807) is 6.07 Å². The molecule has 2 aliphatic heterocycles. The summed E-state index contributed by atoms with van der Waals surface area (Å²) in [6.07, 6.45) is 6.21. The summed E-state index contributed by atoms with van der Waals surface area (Å²) < 4.78 is 7.64. The monoisotopic (exact) mass is 427 g/mol. The van der Waals surface area contributed by atoms with Crippen molar-refractivity contribution in [2.45, 2.75) is 25.8 Å². The van der Waals surface area contributed by atoms with Crippen LogP contribution in [0, 0.1) is 10.1 Å². The molecule has 0 saturated carbocycles. The van der Waals surface area contributed by atoms with E-state index in [0.717, 1.165) is 68.9 Å². The van der Waals surface area contributed by atoms with Crippen molar-refractivity contribution in [3.8, 4) is 16.9 Å². The zero-order valence-electron chi connectivity index (χ0n) is 18.8. The van der Waals surface area contributed by atoms with Crippen molar-refractivity contribution in [1.82, 2.24) is 14.4 Å². The van der Waals surface area contributed by atoms with E-state index in [1.165, 1.54) is 0 Å². The summed E-state index contributed by atoms with van der Waals surface area (Å²) in [5.41, 5.74) is 2.94. The lowest BCUT2D eigenvalue weighted by molar-refractivity contribution is -0.385. The molecule has 2 fully saturated rings. The molecule has 1 aromatic heterocycles. The van der Waals surface area contributed by atoms with Crippen LogP contribution in [0.3, 0.4) is 0 Å². The number of nitro groups is 1. The predicted molar refractivity (Wildman–Crippen MR) is 123 cm³/mol. The highest BCUT2D eigenvalue weighted by atomic mass is 16.6. The summed E-state index contributed by atoms with van der Waals surface area (Å²) in [5.74, 6) is 0.350. The van der Waals surface area contributed by atoms with Crippen molar-refractivity contribution in [2.75, 3.05) is 57.8 Å². The molecule has 0 amide bonds. The Kier molecular flexibility index (Phi) is 6.48. The number of piperidine rings is 1. The number of piperazine rings is 1. The Morgan fingerprint density at radius 2 is 1.81 bits per heavy atom. The summed E-state index contributed by atoms with van der Waals surface area (Å²) in [6.45, 7) is 8.70. The summed E-state index contributed by atoms with van der Waals surface area (Å²) in [5, 5.41) is 11.7. The van der Waals surface area contributed by atoms with Gasteiger partial charge in [-0.15, -0.1) is 0 Å². The number of aryl methyl sites for hydroxylation is 1. The number of hydrogen-bond acceptors (Lipinski definition) is 6. The smallest absolute Gasteiger partial charge is 0.311 e. The molecule has 1 aromatic carbocycles. The molecule has 0 spiro atoms. The van der Waals surface area contributed by atoms with Gasteiger partial charge < -0.3 is 19.1 Å². The first kappa shape index (κ1) is 21.6. The van der Waals surface area contributed by atoms with Gasteiger partial charge in [0.15, 0.2) is 5.75 Å². The van der Waals surface area contributed by atoms with Gasteiger partial charge in [0.1, 0.15) is 0 Å². The second-order valence-electron chi connectivity index (χ2n) is 8.65. The van der Waals surface area contributed by atoms with Crippen molar-refractivity contribution < 1.29 is 9.66 Å². The normalized spacial score (nSPS) is 19.0. The summed E-state index contributed by atoms with van der Waals surface area (Å²) in [7, 11) is 4.16. The molecule has 8 heteroatoms. The largest absolute Gasteiger partial charge is 0.487 e. The zero-order chi connectivity index (χ0) is 22.0. The van der Waals surface area contributed by atoms with Gasteiger partial charge in [-0.3, -0.25) is 15.0 Å². The summed E-state index contributed by atoms with van der Waals surface area (Å²) in [6, 6.07) is 6.19. The van der Waals surface area contributed by atoms with Gasteiger partial charge >= 0.3 is 5.69 Å². The molecular weight excluding hydrogens is 394 g/mol. The predicted octanol–water partition coefficient (Wildman–Crippen LogP) is 3.22. The van der Waals surface area contributed by atoms with Crippen molar-refractivity contribution in [3.05, 3.63) is 40.7 Å². The number of aromatic nitrogens is 1. The van der Waals surface area contributed by atoms with Gasteiger partial charge in [0.25, 0.3) is 0 Å². The highest BCUT2D eigenvalue weighted by molar-refractivity contribution is 5.83. The van der Waals surface area contributed by atoms with Gasteiger partial charge in [-0.25, -0.2) is 0 Å². The molecular formula is C23H33N5O3. The van der Waals surface area contributed by atoms with Crippen LogP contribution in [0.5, 0.6) is 5.75 Å². The third-order valence-corrected chi connectivity index (χ3v) is 6.58. The number of hydrogen-bond donors (Lipinski definition) is 0. The first-order valence-corrected chi connectivity index (χ1v) is 11.2. The fourth-order valence-electron chi connectivity index (χ4n) is 4.79. The molecule has 168 valence electrons. The van der Waals surface area contributed by atoms with E-state index < -0.39 is 0 Å². The molecule has 31 heavy (non-hydrogen) atoms. The van der Waals surface area contributed by atoms with Crippen molar-refractivity contribution in [3.63, 3.8) is 0 Å². The second kappa shape index (κ2) is 9.28. The average Bonchev–Trinajstić information content (AvgIpc) is 3.20. The lowest BCUT2D eigenvalue weighted by Gasteiger charge is -2.43. The summed E-state index contributed by atoms with van der Waals surface area (Å²) >= 11 is 0. The Morgan fingerprint density at radius 3 is 2.39 bits per heavy atom. The number of nitro benzene ring substituents is 1. The fourth-order valence-corrected chi connectivity index (χ4v) is 4.79. The lowest BCUT2D eigenvalue weighted by Crippen LogP contribution is -2.52. The van der Waals surface area contributed by atoms with Crippen LogP contribution in [-0.4, -0.2) is 78.3 Å². The Balaban J connectivity index is 1.60. The van der Waals surface area contributed by atoms with Crippen LogP contribution in [0.1, 0.15) is 19.8 Å². The van der Waals surface area contributed by atoms with Crippen LogP contribution >= 0.6 is 0 Å². The molecule has 4 rings (SSSR count). The van der Waals surface area contributed by atoms with Gasteiger partial charge in [-0.05, 0) is 32.9 Å². The molecule has 2 aliphatic rings. The van der Waals surface area contributed by atoms with Gasteiger partial charge in [-0.2, -0.15) is 0 Å². The molecule has 0 N–H and O–H groups in total. The van der Waals surface area contributed by atoms with Crippen molar-refractivity contribution in [2.24, 2.45) is 7.05 Å². The second-order valence-corrected chi connectivity index (χ2v) is 8.65. The molecule has 3 heterocycles. The molecule has 0 bridgehead atoms. The Morgan fingerprint density at radius 1 is 1.10 bits per heavy atom.